The van der Waals surface area contributed by atoms with E-state index in [0.717, 1.165) is 30.2 Å². The molecule has 0 saturated carbocycles. The Morgan fingerprint density at radius 1 is 1.14 bits per heavy atom. The number of methoxy groups -OCH3 is 1. The van der Waals surface area contributed by atoms with E-state index in [1.54, 1.807) is 7.11 Å². The van der Waals surface area contributed by atoms with Crippen LogP contribution in [0.3, 0.4) is 0 Å². The fourth-order valence-electron chi connectivity index (χ4n) is 2.34. The maximum Gasteiger partial charge on any atom is 0.119 e. The lowest BCUT2D eigenvalue weighted by molar-refractivity contribution is 0.412. The van der Waals surface area contributed by atoms with E-state index in [1.807, 2.05) is 24.3 Å². The maximum absolute atomic E-state index is 5.96. The van der Waals surface area contributed by atoms with Gasteiger partial charge < -0.3 is 10.1 Å². The first-order chi connectivity index (χ1) is 10.2. The quantitative estimate of drug-likeness (QED) is 0.805. The van der Waals surface area contributed by atoms with Gasteiger partial charge in [0.25, 0.3) is 0 Å². The van der Waals surface area contributed by atoms with Gasteiger partial charge in [0, 0.05) is 11.1 Å². The molecule has 2 rings (SSSR count). The van der Waals surface area contributed by atoms with Crippen LogP contribution in [0.15, 0.2) is 48.5 Å². The van der Waals surface area contributed by atoms with Crippen LogP contribution in [0.1, 0.15) is 30.5 Å². The average molecular weight is 304 g/mol. The molecule has 0 amide bonds. The second kappa shape index (κ2) is 8.06. The Morgan fingerprint density at radius 2 is 1.90 bits per heavy atom. The second-order valence-electron chi connectivity index (χ2n) is 5.11. The van der Waals surface area contributed by atoms with Gasteiger partial charge in [-0.25, -0.2) is 0 Å². The van der Waals surface area contributed by atoms with Crippen molar-refractivity contribution in [3.05, 3.63) is 64.7 Å². The normalized spacial score (nSPS) is 12.1. The Labute approximate surface area is 132 Å². The molecule has 0 radical (unpaired) electrons. The third-order valence-corrected chi connectivity index (χ3v) is 3.74. The van der Waals surface area contributed by atoms with Crippen molar-refractivity contribution in [3.63, 3.8) is 0 Å². The lowest BCUT2D eigenvalue weighted by atomic mass is 9.98. The van der Waals surface area contributed by atoms with Crippen molar-refractivity contribution in [2.75, 3.05) is 13.7 Å². The SMILES string of the molecule is CCCNC(Cc1ccc(Cl)cc1)c1cccc(OC)c1. The van der Waals surface area contributed by atoms with Crippen molar-refractivity contribution < 1.29 is 4.74 Å². The third kappa shape index (κ3) is 4.76. The number of hydrogen-bond acceptors (Lipinski definition) is 2. The van der Waals surface area contributed by atoms with Crippen molar-refractivity contribution in [1.29, 1.82) is 0 Å². The highest BCUT2D eigenvalue weighted by Gasteiger charge is 2.12. The van der Waals surface area contributed by atoms with Crippen molar-refractivity contribution in [2.45, 2.75) is 25.8 Å². The molecule has 0 heterocycles. The highest BCUT2D eigenvalue weighted by molar-refractivity contribution is 6.30. The van der Waals surface area contributed by atoms with Gasteiger partial charge in [0.2, 0.25) is 0 Å². The molecule has 3 heteroatoms. The zero-order chi connectivity index (χ0) is 15.1. The van der Waals surface area contributed by atoms with Gasteiger partial charge in [0.1, 0.15) is 5.75 Å². The molecule has 0 aliphatic carbocycles. The first-order valence-electron chi connectivity index (χ1n) is 7.34. The van der Waals surface area contributed by atoms with Gasteiger partial charge >= 0.3 is 0 Å². The highest BCUT2D eigenvalue weighted by atomic mass is 35.5. The molecule has 112 valence electrons. The molecular formula is C18H22ClNO. The number of ether oxygens (including phenoxy) is 1. The Balaban J connectivity index is 2.18. The first-order valence-corrected chi connectivity index (χ1v) is 7.72. The summed E-state index contributed by atoms with van der Waals surface area (Å²) in [6.07, 6.45) is 2.05. The smallest absolute Gasteiger partial charge is 0.119 e. The lowest BCUT2D eigenvalue weighted by Crippen LogP contribution is -2.24. The molecule has 2 aromatic carbocycles. The molecule has 1 unspecified atom stereocenters. The summed E-state index contributed by atoms with van der Waals surface area (Å²) in [6, 6.07) is 16.6. The highest BCUT2D eigenvalue weighted by Crippen LogP contribution is 2.23. The molecule has 0 aromatic heterocycles. The predicted octanol–water partition coefficient (Wildman–Crippen LogP) is 4.63. The summed E-state index contributed by atoms with van der Waals surface area (Å²) in [6.45, 7) is 3.17. The fraction of sp³-hybridized carbons (Fsp3) is 0.333. The van der Waals surface area contributed by atoms with Crippen molar-refractivity contribution in [2.24, 2.45) is 0 Å². The number of hydrogen-bond donors (Lipinski definition) is 1. The molecule has 1 atom stereocenters. The summed E-state index contributed by atoms with van der Waals surface area (Å²) in [5.74, 6) is 0.895. The standard InChI is InChI=1S/C18H22ClNO/c1-3-11-20-18(12-14-7-9-16(19)10-8-14)15-5-4-6-17(13-15)21-2/h4-10,13,18,20H,3,11-12H2,1-2H3. The largest absolute Gasteiger partial charge is 0.497 e. The topological polar surface area (TPSA) is 21.3 Å². The molecule has 21 heavy (non-hydrogen) atoms. The van der Waals surface area contributed by atoms with Crippen molar-refractivity contribution in [1.82, 2.24) is 5.32 Å². The average Bonchev–Trinajstić information content (AvgIpc) is 2.53. The molecule has 0 aliphatic rings. The summed E-state index contributed by atoms with van der Waals surface area (Å²) in [4.78, 5) is 0. The van der Waals surface area contributed by atoms with Crippen LogP contribution in [-0.2, 0) is 6.42 Å². The minimum Gasteiger partial charge on any atom is -0.497 e. The molecule has 0 bridgehead atoms. The predicted molar refractivity (Wildman–Crippen MR) is 89.2 cm³/mol. The zero-order valence-electron chi connectivity index (χ0n) is 12.6. The van der Waals surface area contributed by atoms with Crippen LogP contribution in [0, 0.1) is 0 Å². The Bertz CT molecular complexity index is 553. The van der Waals surface area contributed by atoms with Crippen molar-refractivity contribution in [3.8, 4) is 5.75 Å². The van der Waals surface area contributed by atoms with Crippen LogP contribution in [0.2, 0.25) is 5.02 Å². The van der Waals surface area contributed by atoms with Crippen LogP contribution in [0.4, 0.5) is 0 Å². The molecule has 1 N–H and O–H groups in total. The van der Waals surface area contributed by atoms with E-state index in [4.69, 9.17) is 16.3 Å². The maximum atomic E-state index is 5.96. The van der Waals surface area contributed by atoms with E-state index in [0.29, 0.717) is 0 Å². The van der Waals surface area contributed by atoms with Gasteiger partial charge in [-0.15, -0.1) is 0 Å². The second-order valence-corrected chi connectivity index (χ2v) is 5.55. The van der Waals surface area contributed by atoms with Crippen LogP contribution >= 0.6 is 11.6 Å². The molecule has 2 nitrogen and oxygen atoms in total. The monoisotopic (exact) mass is 303 g/mol. The van der Waals surface area contributed by atoms with Gasteiger partial charge in [-0.3, -0.25) is 0 Å². The van der Waals surface area contributed by atoms with Crippen LogP contribution in [0.5, 0.6) is 5.75 Å². The molecule has 0 spiro atoms. The van der Waals surface area contributed by atoms with E-state index in [-0.39, 0.29) is 6.04 Å². The molecule has 0 saturated heterocycles. The van der Waals surface area contributed by atoms with Gasteiger partial charge in [0.05, 0.1) is 7.11 Å². The van der Waals surface area contributed by atoms with Gasteiger partial charge in [-0.05, 0) is 54.8 Å². The van der Waals surface area contributed by atoms with Gasteiger partial charge in [0.15, 0.2) is 0 Å². The summed E-state index contributed by atoms with van der Waals surface area (Å²) >= 11 is 5.96. The van der Waals surface area contributed by atoms with Crippen LogP contribution < -0.4 is 10.1 Å². The van der Waals surface area contributed by atoms with E-state index >= 15 is 0 Å². The Kier molecular flexibility index (Phi) is 6.09. The lowest BCUT2D eigenvalue weighted by Gasteiger charge is -2.20. The van der Waals surface area contributed by atoms with E-state index in [2.05, 4.69) is 36.5 Å². The number of benzene rings is 2. The van der Waals surface area contributed by atoms with Crippen LogP contribution in [-0.4, -0.2) is 13.7 Å². The summed E-state index contributed by atoms with van der Waals surface area (Å²) in [5, 5.41) is 4.39. The molecular weight excluding hydrogens is 282 g/mol. The first kappa shape index (κ1) is 15.9. The zero-order valence-corrected chi connectivity index (χ0v) is 13.4. The minimum atomic E-state index is 0.279. The third-order valence-electron chi connectivity index (χ3n) is 3.49. The van der Waals surface area contributed by atoms with Gasteiger partial charge in [-0.1, -0.05) is 42.8 Å². The van der Waals surface area contributed by atoms with E-state index in [9.17, 15) is 0 Å². The molecule has 0 aliphatic heterocycles. The van der Waals surface area contributed by atoms with Gasteiger partial charge in [-0.2, -0.15) is 0 Å². The number of nitrogens with one attached hydrogen (secondary N) is 1. The summed E-state index contributed by atoms with van der Waals surface area (Å²) < 4.78 is 5.33. The minimum absolute atomic E-state index is 0.279. The Hall–Kier alpha value is -1.51. The fourth-order valence-corrected chi connectivity index (χ4v) is 2.47. The summed E-state index contributed by atoms with van der Waals surface area (Å²) in [5.41, 5.74) is 2.52. The van der Waals surface area contributed by atoms with E-state index in [1.165, 1.54) is 11.1 Å². The van der Waals surface area contributed by atoms with Crippen molar-refractivity contribution >= 4 is 11.6 Å². The number of rotatable bonds is 7. The Morgan fingerprint density at radius 3 is 2.57 bits per heavy atom. The number of halogens is 1. The summed E-state index contributed by atoms with van der Waals surface area (Å²) in [7, 11) is 1.70. The van der Waals surface area contributed by atoms with Crippen LogP contribution in [0.25, 0.3) is 0 Å². The van der Waals surface area contributed by atoms with E-state index < -0.39 is 0 Å². The molecule has 2 aromatic rings. The molecule has 0 fully saturated rings.